The maximum absolute atomic E-state index is 10.8. The summed E-state index contributed by atoms with van der Waals surface area (Å²) < 4.78 is 6.70. The fourth-order valence-electron chi connectivity index (χ4n) is 1.84. The molecular formula is C11H15N5O3S. The Labute approximate surface area is 119 Å². The van der Waals surface area contributed by atoms with Gasteiger partial charge in [-0.05, 0) is 24.3 Å². The zero-order valence-corrected chi connectivity index (χ0v) is 12.2. The van der Waals surface area contributed by atoms with Crippen molar-refractivity contribution in [2.24, 2.45) is 0 Å². The summed E-state index contributed by atoms with van der Waals surface area (Å²) in [7, 11) is 1.47. The Morgan fingerprint density at radius 1 is 1.50 bits per heavy atom. The van der Waals surface area contributed by atoms with E-state index >= 15 is 0 Å². The van der Waals surface area contributed by atoms with E-state index < -0.39 is 12.1 Å². The van der Waals surface area contributed by atoms with Gasteiger partial charge in [-0.1, -0.05) is 0 Å². The van der Waals surface area contributed by atoms with Crippen LogP contribution in [-0.2, 0) is 16.1 Å². The van der Waals surface area contributed by atoms with Crippen LogP contribution < -0.4 is 0 Å². The molecule has 0 saturated heterocycles. The van der Waals surface area contributed by atoms with Crippen LogP contribution in [0.5, 0.6) is 0 Å². The smallest absolute Gasteiger partial charge is 0.306 e. The minimum Gasteiger partial charge on any atom is -0.481 e. The summed E-state index contributed by atoms with van der Waals surface area (Å²) >= 11 is 1.50. The average Bonchev–Trinajstić information content (AvgIpc) is 2.94. The lowest BCUT2D eigenvalue weighted by Crippen LogP contribution is -2.23. The number of aromatic nitrogens is 5. The van der Waals surface area contributed by atoms with Gasteiger partial charge in [0.15, 0.2) is 5.82 Å². The molecule has 0 aliphatic rings. The minimum atomic E-state index is -0.920. The molecule has 1 unspecified atom stereocenters. The van der Waals surface area contributed by atoms with Gasteiger partial charge in [0.05, 0.1) is 34.6 Å². The first-order chi connectivity index (χ1) is 9.51. The Balaban J connectivity index is 2.24. The standard InChI is InChI=1S/C11H15N5O3S/c1-6-10(20-7(2)12-6)11-13-14-15-16(11)5-8(19-3)4-9(17)18/h8H,4-5H2,1-3H3,(H,17,18). The topological polar surface area (TPSA) is 103 Å². The van der Waals surface area contributed by atoms with Gasteiger partial charge in [-0.15, -0.1) is 16.4 Å². The lowest BCUT2D eigenvalue weighted by molar-refractivity contribution is -0.140. The molecule has 20 heavy (non-hydrogen) atoms. The summed E-state index contributed by atoms with van der Waals surface area (Å²) in [6, 6.07) is 0. The predicted octanol–water partition coefficient (Wildman–Crippen LogP) is 0.903. The number of ether oxygens (including phenoxy) is 1. The highest BCUT2D eigenvalue weighted by molar-refractivity contribution is 7.15. The monoisotopic (exact) mass is 297 g/mol. The summed E-state index contributed by atoms with van der Waals surface area (Å²) in [4.78, 5) is 16.0. The van der Waals surface area contributed by atoms with Crippen molar-refractivity contribution >= 4 is 17.3 Å². The molecular weight excluding hydrogens is 282 g/mol. The number of hydrogen-bond acceptors (Lipinski definition) is 7. The Hall–Kier alpha value is -1.87. The number of rotatable bonds is 6. The highest BCUT2D eigenvalue weighted by Gasteiger charge is 2.19. The van der Waals surface area contributed by atoms with E-state index in [-0.39, 0.29) is 13.0 Å². The van der Waals surface area contributed by atoms with E-state index in [1.165, 1.54) is 18.4 Å². The highest BCUT2D eigenvalue weighted by atomic mass is 32.1. The van der Waals surface area contributed by atoms with Crippen LogP contribution in [-0.4, -0.2) is 49.5 Å². The quantitative estimate of drug-likeness (QED) is 0.845. The van der Waals surface area contributed by atoms with Crippen molar-refractivity contribution in [3.63, 3.8) is 0 Å². The van der Waals surface area contributed by atoms with Gasteiger partial charge in [-0.25, -0.2) is 9.67 Å². The van der Waals surface area contributed by atoms with Gasteiger partial charge in [0.1, 0.15) is 0 Å². The summed E-state index contributed by atoms with van der Waals surface area (Å²) in [6.45, 7) is 4.09. The summed E-state index contributed by atoms with van der Waals surface area (Å²) in [5.41, 5.74) is 0.857. The van der Waals surface area contributed by atoms with E-state index in [9.17, 15) is 4.79 Å². The molecule has 0 spiro atoms. The minimum absolute atomic E-state index is 0.101. The Bertz CT molecular complexity index is 609. The number of aliphatic carboxylic acids is 1. The van der Waals surface area contributed by atoms with E-state index in [0.717, 1.165) is 15.6 Å². The van der Waals surface area contributed by atoms with Gasteiger partial charge >= 0.3 is 5.97 Å². The summed E-state index contributed by atoms with van der Waals surface area (Å²) in [5.74, 6) is -0.336. The molecule has 0 fully saturated rings. The van der Waals surface area contributed by atoms with Crippen molar-refractivity contribution in [1.82, 2.24) is 25.2 Å². The average molecular weight is 297 g/mol. The van der Waals surface area contributed by atoms with Crippen molar-refractivity contribution in [1.29, 1.82) is 0 Å². The number of carbonyl (C=O) groups is 1. The molecule has 2 heterocycles. The second-order valence-corrected chi connectivity index (χ2v) is 5.49. The molecule has 0 aliphatic carbocycles. The molecule has 0 aliphatic heterocycles. The van der Waals surface area contributed by atoms with E-state index in [1.807, 2.05) is 13.8 Å². The fourth-order valence-corrected chi connectivity index (χ4v) is 2.75. The Morgan fingerprint density at radius 2 is 2.25 bits per heavy atom. The third-order valence-electron chi connectivity index (χ3n) is 2.75. The van der Waals surface area contributed by atoms with Gasteiger partial charge in [0, 0.05) is 7.11 Å². The van der Waals surface area contributed by atoms with Crippen molar-refractivity contribution < 1.29 is 14.6 Å². The number of nitrogens with zero attached hydrogens (tertiary/aromatic N) is 5. The van der Waals surface area contributed by atoms with E-state index in [0.29, 0.717) is 5.82 Å². The molecule has 9 heteroatoms. The van der Waals surface area contributed by atoms with Gasteiger partial charge in [0.25, 0.3) is 0 Å². The SMILES string of the molecule is COC(CC(=O)O)Cn1nnnc1-c1sc(C)nc1C. The molecule has 0 bridgehead atoms. The Kier molecular flexibility index (Phi) is 4.40. The van der Waals surface area contributed by atoms with E-state index in [1.54, 1.807) is 4.68 Å². The number of thiazole rings is 1. The molecule has 2 aromatic rings. The number of tetrazole rings is 1. The number of carboxylic acid groups (broad SMARTS) is 1. The molecule has 1 N–H and O–H groups in total. The van der Waals surface area contributed by atoms with Gasteiger partial charge < -0.3 is 9.84 Å². The first-order valence-electron chi connectivity index (χ1n) is 5.96. The normalized spacial score (nSPS) is 12.6. The van der Waals surface area contributed by atoms with Crippen LogP contribution in [0.15, 0.2) is 0 Å². The van der Waals surface area contributed by atoms with Crippen molar-refractivity contribution in [2.75, 3.05) is 7.11 Å². The molecule has 8 nitrogen and oxygen atoms in total. The lowest BCUT2D eigenvalue weighted by atomic mass is 10.2. The maximum Gasteiger partial charge on any atom is 0.306 e. The van der Waals surface area contributed by atoms with Crippen LogP contribution in [0.3, 0.4) is 0 Å². The fraction of sp³-hybridized carbons (Fsp3) is 0.545. The molecule has 0 aromatic carbocycles. The third-order valence-corrected chi connectivity index (χ3v) is 3.82. The van der Waals surface area contributed by atoms with E-state index in [2.05, 4.69) is 20.5 Å². The van der Waals surface area contributed by atoms with E-state index in [4.69, 9.17) is 9.84 Å². The second-order valence-electron chi connectivity index (χ2n) is 4.29. The third kappa shape index (κ3) is 3.17. The van der Waals surface area contributed by atoms with Gasteiger partial charge in [0.2, 0.25) is 0 Å². The largest absolute Gasteiger partial charge is 0.481 e. The molecule has 1 atom stereocenters. The maximum atomic E-state index is 10.8. The predicted molar refractivity (Wildman–Crippen MR) is 71.4 cm³/mol. The molecule has 108 valence electrons. The molecule has 2 aromatic heterocycles. The molecule has 0 radical (unpaired) electrons. The zero-order chi connectivity index (χ0) is 14.7. The first-order valence-corrected chi connectivity index (χ1v) is 6.78. The Morgan fingerprint density at radius 3 is 2.80 bits per heavy atom. The summed E-state index contributed by atoms with van der Waals surface area (Å²) in [5, 5.41) is 21.3. The molecule has 0 amide bonds. The first kappa shape index (κ1) is 14.5. The van der Waals surface area contributed by atoms with Crippen molar-refractivity contribution in [3.8, 4) is 10.7 Å². The number of methoxy groups -OCH3 is 1. The van der Waals surface area contributed by atoms with Crippen molar-refractivity contribution in [2.45, 2.75) is 32.9 Å². The van der Waals surface area contributed by atoms with Crippen LogP contribution in [0.4, 0.5) is 0 Å². The summed E-state index contributed by atoms with van der Waals surface area (Å²) in [6.07, 6.45) is -0.583. The zero-order valence-electron chi connectivity index (χ0n) is 11.4. The highest BCUT2D eigenvalue weighted by Crippen LogP contribution is 2.27. The molecule has 0 saturated carbocycles. The molecule has 2 rings (SSSR count). The van der Waals surface area contributed by atoms with Gasteiger partial charge in [-0.3, -0.25) is 4.79 Å². The van der Waals surface area contributed by atoms with Crippen LogP contribution in [0.1, 0.15) is 17.1 Å². The number of hydrogen-bond donors (Lipinski definition) is 1. The van der Waals surface area contributed by atoms with Crippen LogP contribution in [0.25, 0.3) is 10.7 Å². The van der Waals surface area contributed by atoms with Crippen LogP contribution >= 0.6 is 11.3 Å². The lowest BCUT2D eigenvalue weighted by Gasteiger charge is -2.13. The second kappa shape index (κ2) is 6.06. The van der Waals surface area contributed by atoms with Crippen LogP contribution in [0.2, 0.25) is 0 Å². The van der Waals surface area contributed by atoms with Crippen molar-refractivity contribution in [3.05, 3.63) is 10.7 Å². The number of carboxylic acids is 1. The van der Waals surface area contributed by atoms with Gasteiger partial charge in [-0.2, -0.15) is 0 Å². The number of aryl methyl sites for hydroxylation is 2. The van der Waals surface area contributed by atoms with Crippen LogP contribution in [0, 0.1) is 13.8 Å².